The number of hydrogen-bond acceptors (Lipinski definition) is 3. The number of ether oxygens (including phenoxy) is 1. The molecule has 0 amide bonds. The van der Waals surface area contributed by atoms with Gasteiger partial charge >= 0.3 is 0 Å². The van der Waals surface area contributed by atoms with Crippen LogP contribution in [0.5, 0.6) is 17.2 Å². The minimum absolute atomic E-state index is 0.0256. The number of phenolic OH excluding ortho intramolecular Hbond substituents is 2. The highest BCUT2D eigenvalue weighted by molar-refractivity contribution is 5.54. The van der Waals surface area contributed by atoms with E-state index in [2.05, 4.69) is 6.58 Å². The Morgan fingerprint density at radius 2 is 2.15 bits per heavy atom. The van der Waals surface area contributed by atoms with Crippen LogP contribution in [0.4, 0.5) is 0 Å². The Labute approximate surface area is 76.9 Å². The van der Waals surface area contributed by atoms with Crippen molar-refractivity contribution in [3.8, 4) is 17.2 Å². The Hall–Kier alpha value is -1.64. The maximum Gasteiger partial charge on any atom is 0.203 e. The average Bonchev–Trinajstić information content (AvgIpc) is 2.11. The van der Waals surface area contributed by atoms with Crippen LogP contribution in [0.15, 0.2) is 24.8 Å². The van der Waals surface area contributed by atoms with Crippen molar-refractivity contribution in [3.63, 3.8) is 0 Å². The zero-order valence-corrected chi connectivity index (χ0v) is 7.45. The van der Waals surface area contributed by atoms with E-state index in [0.29, 0.717) is 12.0 Å². The van der Waals surface area contributed by atoms with Crippen molar-refractivity contribution >= 4 is 0 Å². The fourth-order valence-corrected chi connectivity index (χ4v) is 1.12. The van der Waals surface area contributed by atoms with Crippen LogP contribution in [0.2, 0.25) is 0 Å². The van der Waals surface area contributed by atoms with E-state index in [1.54, 1.807) is 12.1 Å². The maximum atomic E-state index is 9.57. The molecule has 0 saturated heterocycles. The number of rotatable bonds is 3. The summed E-state index contributed by atoms with van der Waals surface area (Å²) in [4.78, 5) is 0. The number of phenols is 2. The molecule has 1 aromatic carbocycles. The standard InChI is InChI=1S/C10H12O3/c1-3-4-7-5-6-8(11)10(13-2)9(7)12/h3,5-6,11-12H,1,4H2,2H3. The number of benzene rings is 1. The molecule has 0 bridgehead atoms. The molecular formula is C10H12O3. The zero-order valence-electron chi connectivity index (χ0n) is 7.45. The van der Waals surface area contributed by atoms with Crippen molar-refractivity contribution < 1.29 is 14.9 Å². The largest absolute Gasteiger partial charge is 0.504 e. The van der Waals surface area contributed by atoms with Gasteiger partial charge in [-0.25, -0.2) is 0 Å². The van der Waals surface area contributed by atoms with Gasteiger partial charge in [0.15, 0.2) is 11.5 Å². The molecule has 3 nitrogen and oxygen atoms in total. The van der Waals surface area contributed by atoms with Crippen LogP contribution in [0.3, 0.4) is 0 Å². The third kappa shape index (κ3) is 1.75. The van der Waals surface area contributed by atoms with Gasteiger partial charge in [-0.3, -0.25) is 0 Å². The Bertz CT molecular complexity index is 318. The van der Waals surface area contributed by atoms with Gasteiger partial charge in [-0.05, 0) is 12.5 Å². The molecule has 0 aliphatic rings. The van der Waals surface area contributed by atoms with E-state index in [9.17, 15) is 10.2 Å². The summed E-state index contributed by atoms with van der Waals surface area (Å²) < 4.78 is 4.83. The molecule has 70 valence electrons. The SMILES string of the molecule is C=CCc1ccc(O)c(OC)c1O. The van der Waals surface area contributed by atoms with Gasteiger partial charge in [0, 0.05) is 5.56 Å². The summed E-state index contributed by atoms with van der Waals surface area (Å²) in [5.41, 5.74) is 0.685. The van der Waals surface area contributed by atoms with Crippen molar-refractivity contribution in [1.82, 2.24) is 0 Å². The van der Waals surface area contributed by atoms with Crippen molar-refractivity contribution in [2.24, 2.45) is 0 Å². The summed E-state index contributed by atoms with van der Waals surface area (Å²) >= 11 is 0. The molecule has 0 heterocycles. The summed E-state index contributed by atoms with van der Waals surface area (Å²) in [5.74, 6) is 0.0227. The van der Waals surface area contributed by atoms with E-state index in [-0.39, 0.29) is 17.2 Å². The first-order valence-corrected chi connectivity index (χ1v) is 3.89. The van der Waals surface area contributed by atoms with Gasteiger partial charge in [-0.2, -0.15) is 0 Å². The molecule has 0 aliphatic carbocycles. The number of aromatic hydroxyl groups is 2. The number of allylic oxidation sites excluding steroid dienone is 1. The molecule has 0 aromatic heterocycles. The lowest BCUT2D eigenvalue weighted by Crippen LogP contribution is -1.89. The average molecular weight is 180 g/mol. The first kappa shape index (κ1) is 9.45. The molecular weight excluding hydrogens is 168 g/mol. The summed E-state index contributed by atoms with van der Waals surface area (Å²) in [5, 5.41) is 18.8. The first-order chi connectivity index (χ1) is 6.20. The first-order valence-electron chi connectivity index (χ1n) is 3.89. The second-order valence-electron chi connectivity index (χ2n) is 2.62. The minimum Gasteiger partial charge on any atom is -0.504 e. The van der Waals surface area contributed by atoms with Gasteiger partial charge in [-0.1, -0.05) is 12.1 Å². The molecule has 0 unspecified atom stereocenters. The molecule has 0 atom stereocenters. The van der Waals surface area contributed by atoms with Crippen molar-refractivity contribution in [2.45, 2.75) is 6.42 Å². The third-order valence-electron chi connectivity index (χ3n) is 1.76. The Morgan fingerprint density at radius 1 is 1.46 bits per heavy atom. The third-order valence-corrected chi connectivity index (χ3v) is 1.76. The maximum absolute atomic E-state index is 9.57. The molecule has 3 heteroatoms. The van der Waals surface area contributed by atoms with Crippen LogP contribution in [0.25, 0.3) is 0 Å². The van der Waals surface area contributed by atoms with Gasteiger partial charge in [0.25, 0.3) is 0 Å². The Kier molecular flexibility index (Phi) is 2.80. The molecule has 0 spiro atoms. The van der Waals surface area contributed by atoms with E-state index in [0.717, 1.165) is 0 Å². The number of methoxy groups -OCH3 is 1. The highest BCUT2D eigenvalue weighted by Crippen LogP contribution is 2.38. The van der Waals surface area contributed by atoms with Crippen LogP contribution >= 0.6 is 0 Å². The van der Waals surface area contributed by atoms with Crippen molar-refractivity contribution in [3.05, 3.63) is 30.4 Å². The van der Waals surface area contributed by atoms with E-state index in [4.69, 9.17) is 4.74 Å². The summed E-state index contributed by atoms with van der Waals surface area (Å²) in [7, 11) is 1.40. The quantitative estimate of drug-likeness (QED) is 0.698. The number of hydrogen-bond donors (Lipinski definition) is 2. The monoisotopic (exact) mass is 180 g/mol. The van der Waals surface area contributed by atoms with Crippen molar-refractivity contribution in [1.29, 1.82) is 0 Å². The minimum atomic E-state index is -0.0622. The molecule has 2 N–H and O–H groups in total. The van der Waals surface area contributed by atoms with Crippen LogP contribution in [0, 0.1) is 0 Å². The molecule has 0 fully saturated rings. The second-order valence-corrected chi connectivity index (χ2v) is 2.62. The van der Waals surface area contributed by atoms with Gasteiger partial charge in [0.2, 0.25) is 5.75 Å². The van der Waals surface area contributed by atoms with Crippen LogP contribution in [-0.4, -0.2) is 17.3 Å². The van der Waals surface area contributed by atoms with Gasteiger partial charge in [0.1, 0.15) is 0 Å². The Morgan fingerprint density at radius 3 is 2.69 bits per heavy atom. The molecule has 1 aromatic rings. The second kappa shape index (κ2) is 3.85. The van der Waals surface area contributed by atoms with Crippen LogP contribution in [0.1, 0.15) is 5.56 Å². The predicted molar refractivity (Wildman–Crippen MR) is 50.2 cm³/mol. The molecule has 13 heavy (non-hydrogen) atoms. The molecule has 0 radical (unpaired) electrons. The Balaban J connectivity index is 3.18. The lowest BCUT2D eigenvalue weighted by atomic mass is 10.1. The summed E-state index contributed by atoms with van der Waals surface area (Å²) in [6.07, 6.45) is 2.22. The zero-order chi connectivity index (χ0) is 9.84. The van der Waals surface area contributed by atoms with Crippen LogP contribution < -0.4 is 4.74 Å². The van der Waals surface area contributed by atoms with E-state index in [1.807, 2.05) is 0 Å². The molecule has 1 rings (SSSR count). The van der Waals surface area contributed by atoms with E-state index >= 15 is 0 Å². The molecule has 0 saturated carbocycles. The van der Waals surface area contributed by atoms with Gasteiger partial charge in [0.05, 0.1) is 7.11 Å². The normalized spacial score (nSPS) is 9.62. The fourth-order valence-electron chi connectivity index (χ4n) is 1.12. The highest BCUT2D eigenvalue weighted by atomic mass is 16.5. The van der Waals surface area contributed by atoms with E-state index in [1.165, 1.54) is 13.2 Å². The fraction of sp³-hybridized carbons (Fsp3) is 0.200. The lowest BCUT2D eigenvalue weighted by molar-refractivity contribution is 0.343. The van der Waals surface area contributed by atoms with Gasteiger partial charge in [-0.15, -0.1) is 6.58 Å². The predicted octanol–water partition coefficient (Wildman–Crippen LogP) is 1.83. The van der Waals surface area contributed by atoms with E-state index < -0.39 is 0 Å². The lowest BCUT2D eigenvalue weighted by Gasteiger charge is -2.08. The van der Waals surface area contributed by atoms with Crippen LogP contribution in [-0.2, 0) is 6.42 Å². The molecule has 0 aliphatic heterocycles. The topological polar surface area (TPSA) is 49.7 Å². The smallest absolute Gasteiger partial charge is 0.203 e. The van der Waals surface area contributed by atoms with Crippen molar-refractivity contribution in [2.75, 3.05) is 7.11 Å². The van der Waals surface area contributed by atoms with Gasteiger partial charge < -0.3 is 14.9 Å². The highest BCUT2D eigenvalue weighted by Gasteiger charge is 2.10. The summed E-state index contributed by atoms with van der Waals surface area (Å²) in [6, 6.07) is 3.12. The summed E-state index contributed by atoms with van der Waals surface area (Å²) in [6.45, 7) is 3.56.